The van der Waals surface area contributed by atoms with Crippen molar-refractivity contribution in [2.45, 2.75) is 17.4 Å². The lowest BCUT2D eigenvalue weighted by Crippen LogP contribution is -2.29. The summed E-state index contributed by atoms with van der Waals surface area (Å²) in [5.41, 5.74) is 8.30. The van der Waals surface area contributed by atoms with Crippen molar-refractivity contribution >= 4 is 61.9 Å². The molecule has 1 heterocycles. The highest BCUT2D eigenvalue weighted by atomic mass is 35.5. The average Bonchev–Trinajstić information content (AvgIpc) is 3.17. The van der Waals surface area contributed by atoms with E-state index in [1.165, 1.54) is 6.07 Å². The summed E-state index contributed by atoms with van der Waals surface area (Å²) < 4.78 is 28.1. The zero-order valence-electron chi connectivity index (χ0n) is 16.7. The monoisotopic (exact) mass is 508 g/mol. The normalized spacial score (nSPS) is 16.3. The highest BCUT2D eigenvalue weighted by Gasteiger charge is 2.31. The number of anilines is 2. The number of nitrogen functional groups attached to an aromatic ring is 1. The van der Waals surface area contributed by atoms with E-state index in [9.17, 15) is 8.42 Å². The molecule has 166 valence electrons. The number of rotatable bonds is 6. The van der Waals surface area contributed by atoms with Crippen molar-refractivity contribution in [3.63, 3.8) is 0 Å². The molecule has 3 aromatic rings. The lowest BCUT2D eigenvalue weighted by Gasteiger charge is -2.25. The van der Waals surface area contributed by atoms with Crippen molar-refractivity contribution in [2.24, 2.45) is 5.10 Å². The van der Waals surface area contributed by atoms with Gasteiger partial charge in [-0.15, -0.1) is 0 Å². The van der Waals surface area contributed by atoms with Gasteiger partial charge in [-0.2, -0.15) is 5.10 Å². The Hall–Kier alpha value is -2.29. The number of hydrogen-bond donors (Lipinski definition) is 2. The number of benzene rings is 3. The standard InChI is InChI=1S/C22H19Cl3N4O2S/c23-15-7-5-14(6-8-15)21-12-17(28-29(21)20-10-9-16(24)11-18(20)25)13-27-32(30,31)22-4-2-1-3-19(22)26/h1-11,21,27H,12-13,26H2. The summed E-state index contributed by atoms with van der Waals surface area (Å²) in [5.74, 6) is 0. The fourth-order valence-electron chi connectivity index (χ4n) is 3.49. The number of sulfonamides is 1. The third-order valence-corrected chi connectivity index (χ3v) is 7.32. The maximum Gasteiger partial charge on any atom is 0.242 e. The minimum absolute atomic E-state index is 0.0302. The Kier molecular flexibility index (Phi) is 6.65. The molecular weight excluding hydrogens is 491 g/mol. The predicted octanol–water partition coefficient (Wildman–Crippen LogP) is 5.51. The van der Waals surface area contributed by atoms with Gasteiger partial charge in [-0.1, -0.05) is 59.1 Å². The molecule has 0 aromatic heterocycles. The van der Waals surface area contributed by atoms with Gasteiger partial charge in [-0.05, 0) is 48.0 Å². The second-order valence-electron chi connectivity index (χ2n) is 7.24. The first kappa shape index (κ1) is 22.9. The summed E-state index contributed by atoms with van der Waals surface area (Å²) >= 11 is 18.5. The van der Waals surface area contributed by atoms with E-state index in [0.717, 1.165) is 5.56 Å². The molecule has 0 radical (unpaired) electrons. The Morgan fingerprint density at radius 2 is 1.69 bits per heavy atom. The number of nitrogens with two attached hydrogens (primary N) is 1. The molecule has 1 unspecified atom stereocenters. The summed E-state index contributed by atoms with van der Waals surface area (Å²) in [5, 5.41) is 8.04. The summed E-state index contributed by atoms with van der Waals surface area (Å²) in [4.78, 5) is 0.0328. The lowest BCUT2D eigenvalue weighted by molar-refractivity contribution is 0.586. The van der Waals surface area contributed by atoms with Gasteiger partial charge >= 0.3 is 0 Å². The zero-order valence-corrected chi connectivity index (χ0v) is 19.8. The number of nitrogens with one attached hydrogen (secondary N) is 1. The van der Waals surface area contributed by atoms with Crippen molar-refractivity contribution in [1.82, 2.24) is 4.72 Å². The van der Waals surface area contributed by atoms with Crippen LogP contribution in [-0.2, 0) is 10.0 Å². The Labute approximate surface area is 201 Å². The van der Waals surface area contributed by atoms with Crippen LogP contribution in [0, 0.1) is 0 Å². The Bertz CT molecular complexity index is 1280. The van der Waals surface area contributed by atoms with E-state index >= 15 is 0 Å². The Balaban J connectivity index is 1.62. The molecule has 0 bridgehead atoms. The molecule has 0 fully saturated rings. The predicted molar refractivity (Wildman–Crippen MR) is 131 cm³/mol. The molecule has 0 amide bonds. The SMILES string of the molecule is Nc1ccccc1S(=O)(=O)NCC1=NN(c2ccc(Cl)cc2Cl)C(c2ccc(Cl)cc2)C1. The van der Waals surface area contributed by atoms with E-state index in [1.807, 2.05) is 12.1 Å². The molecular formula is C22H19Cl3N4O2S. The van der Waals surface area contributed by atoms with Gasteiger partial charge < -0.3 is 5.73 Å². The maximum atomic E-state index is 12.7. The molecule has 3 aromatic carbocycles. The molecule has 1 atom stereocenters. The quantitative estimate of drug-likeness (QED) is 0.429. The van der Waals surface area contributed by atoms with Gasteiger partial charge in [0.05, 0.1) is 34.7 Å². The highest BCUT2D eigenvalue weighted by molar-refractivity contribution is 7.89. The van der Waals surface area contributed by atoms with Crippen LogP contribution in [0.25, 0.3) is 0 Å². The van der Waals surface area contributed by atoms with E-state index in [2.05, 4.69) is 9.82 Å². The first-order valence-corrected chi connectivity index (χ1v) is 12.3. The van der Waals surface area contributed by atoms with Crippen molar-refractivity contribution in [3.05, 3.63) is 87.4 Å². The summed E-state index contributed by atoms with van der Waals surface area (Å²) in [6.07, 6.45) is 0.493. The van der Waals surface area contributed by atoms with Gasteiger partial charge in [0.2, 0.25) is 10.0 Å². The van der Waals surface area contributed by atoms with Crippen LogP contribution < -0.4 is 15.5 Å². The molecule has 4 rings (SSSR count). The number of hydrazone groups is 1. The average molecular weight is 510 g/mol. The topological polar surface area (TPSA) is 87.8 Å². The van der Waals surface area contributed by atoms with E-state index in [1.54, 1.807) is 53.5 Å². The second-order valence-corrected chi connectivity index (χ2v) is 10.3. The van der Waals surface area contributed by atoms with E-state index in [-0.39, 0.29) is 23.2 Å². The van der Waals surface area contributed by atoms with Gasteiger partial charge in [0.15, 0.2) is 0 Å². The van der Waals surface area contributed by atoms with Crippen molar-refractivity contribution in [2.75, 3.05) is 17.3 Å². The minimum atomic E-state index is -3.80. The lowest BCUT2D eigenvalue weighted by atomic mass is 10.0. The Morgan fingerprint density at radius 3 is 2.38 bits per heavy atom. The number of halogens is 3. The molecule has 0 spiro atoms. The third kappa shape index (κ3) is 4.87. The van der Waals surface area contributed by atoms with Crippen molar-refractivity contribution in [3.8, 4) is 0 Å². The number of hydrogen-bond acceptors (Lipinski definition) is 5. The molecule has 1 aliphatic rings. The summed E-state index contributed by atoms with van der Waals surface area (Å²) in [7, 11) is -3.80. The highest BCUT2D eigenvalue weighted by Crippen LogP contribution is 2.39. The molecule has 0 aliphatic carbocycles. The maximum absolute atomic E-state index is 12.7. The minimum Gasteiger partial charge on any atom is -0.398 e. The van der Waals surface area contributed by atoms with E-state index in [0.29, 0.717) is 32.9 Å². The first-order chi connectivity index (χ1) is 15.2. The summed E-state index contributed by atoms with van der Waals surface area (Å²) in [6.45, 7) is 0.0302. The van der Waals surface area contributed by atoms with Crippen LogP contribution in [0.4, 0.5) is 11.4 Å². The van der Waals surface area contributed by atoms with Crippen LogP contribution in [0.15, 0.2) is 76.7 Å². The number of para-hydroxylation sites is 1. The van der Waals surface area contributed by atoms with Crippen LogP contribution in [-0.4, -0.2) is 20.7 Å². The van der Waals surface area contributed by atoms with Gasteiger partial charge in [0, 0.05) is 16.5 Å². The van der Waals surface area contributed by atoms with Crippen molar-refractivity contribution in [1.29, 1.82) is 0 Å². The summed E-state index contributed by atoms with van der Waals surface area (Å²) in [6, 6.07) is 18.7. The third-order valence-electron chi connectivity index (χ3n) is 5.06. The van der Waals surface area contributed by atoms with Gasteiger partial charge in [-0.25, -0.2) is 13.1 Å². The van der Waals surface area contributed by atoms with Crippen LogP contribution >= 0.6 is 34.8 Å². The smallest absolute Gasteiger partial charge is 0.242 e. The second kappa shape index (κ2) is 9.29. The first-order valence-electron chi connectivity index (χ1n) is 9.65. The van der Waals surface area contributed by atoms with Gasteiger partial charge in [0.1, 0.15) is 4.90 Å². The molecule has 6 nitrogen and oxygen atoms in total. The van der Waals surface area contributed by atoms with E-state index in [4.69, 9.17) is 40.5 Å². The number of nitrogens with zero attached hydrogens (tertiary/aromatic N) is 2. The largest absolute Gasteiger partial charge is 0.398 e. The van der Waals surface area contributed by atoms with Crippen LogP contribution in [0.1, 0.15) is 18.0 Å². The molecule has 0 saturated carbocycles. The Morgan fingerprint density at radius 1 is 1.00 bits per heavy atom. The molecule has 10 heteroatoms. The molecule has 0 saturated heterocycles. The fraction of sp³-hybridized carbons (Fsp3) is 0.136. The molecule has 32 heavy (non-hydrogen) atoms. The van der Waals surface area contributed by atoms with Gasteiger partial charge in [-0.3, -0.25) is 5.01 Å². The molecule has 1 aliphatic heterocycles. The van der Waals surface area contributed by atoms with Crippen molar-refractivity contribution < 1.29 is 8.42 Å². The zero-order chi connectivity index (χ0) is 22.9. The van der Waals surface area contributed by atoms with Crippen LogP contribution in [0.2, 0.25) is 15.1 Å². The van der Waals surface area contributed by atoms with E-state index < -0.39 is 10.0 Å². The fourth-order valence-corrected chi connectivity index (χ4v) is 5.26. The van der Waals surface area contributed by atoms with Gasteiger partial charge in [0.25, 0.3) is 0 Å². The molecule has 3 N–H and O–H groups in total. The van der Waals surface area contributed by atoms with Crippen LogP contribution in [0.3, 0.4) is 0 Å². The van der Waals surface area contributed by atoms with Crippen LogP contribution in [0.5, 0.6) is 0 Å².